The number of nitrogens with zero attached hydrogens (tertiary/aromatic N) is 1. The van der Waals surface area contributed by atoms with Gasteiger partial charge in [-0.3, -0.25) is 4.79 Å². The van der Waals surface area contributed by atoms with E-state index in [0.29, 0.717) is 6.54 Å². The average Bonchev–Trinajstić information content (AvgIpc) is 3.26. The Labute approximate surface area is 152 Å². The number of likely N-dealkylation sites (tertiary alicyclic amines) is 1. The first-order valence-electron chi connectivity index (χ1n) is 8.56. The van der Waals surface area contributed by atoms with Crippen molar-refractivity contribution in [3.8, 4) is 0 Å². The number of carbonyl (C=O) groups is 1. The van der Waals surface area contributed by atoms with Gasteiger partial charge in [0.05, 0.1) is 12.6 Å². The molecule has 2 atom stereocenters. The molecule has 3 rings (SSSR count). The van der Waals surface area contributed by atoms with Crippen LogP contribution in [0.1, 0.15) is 55.5 Å². The summed E-state index contributed by atoms with van der Waals surface area (Å²) in [6, 6.07) is 8.93. The summed E-state index contributed by atoms with van der Waals surface area (Å²) in [4.78, 5) is 17.5. The van der Waals surface area contributed by atoms with Gasteiger partial charge >= 0.3 is 0 Å². The molecule has 0 bridgehead atoms. The van der Waals surface area contributed by atoms with Crippen molar-refractivity contribution in [2.75, 3.05) is 13.1 Å². The molecule has 1 amide bonds. The van der Waals surface area contributed by atoms with E-state index in [4.69, 9.17) is 0 Å². The van der Waals surface area contributed by atoms with Crippen molar-refractivity contribution in [3.63, 3.8) is 0 Å². The number of hydrogen-bond acceptors (Lipinski definition) is 4. The predicted molar refractivity (Wildman–Crippen MR) is 103 cm³/mol. The lowest BCUT2D eigenvalue weighted by molar-refractivity contribution is -0.131. The Kier molecular flexibility index (Phi) is 5.42. The van der Waals surface area contributed by atoms with E-state index in [1.54, 1.807) is 22.7 Å². The van der Waals surface area contributed by atoms with Gasteiger partial charge in [-0.25, -0.2) is 0 Å². The zero-order valence-corrected chi connectivity index (χ0v) is 16.3. The molecule has 1 aliphatic heterocycles. The summed E-state index contributed by atoms with van der Waals surface area (Å²) < 4.78 is 0. The van der Waals surface area contributed by atoms with E-state index in [-0.39, 0.29) is 23.4 Å². The molecule has 0 aliphatic carbocycles. The normalized spacial score (nSPS) is 19.6. The maximum absolute atomic E-state index is 12.8. The maximum atomic E-state index is 12.8. The Hall–Kier alpha value is -1.17. The molecule has 0 radical (unpaired) electrons. The second kappa shape index (κ2) is 7.38. The molecule has 3 nitrogen and oxygen atoms in total. The third-order valence-electron chi connectivity index (χ3n) is 4.60. The monoisotopic (exact) mass is 362 g/mol. The molecular formula is C19H26N2OS2. The maximum Gasteiger partial charge on any atom is 0.237 e. The fourth-order valence-electron chi connectivity index (χ4n) is 3.42. The minimum absolute atomic E-state index is 0.0727. The van der Waals surface area contributed by atoms with Gasteiger partial charge in [0, 0.05) is 22.3 Å². The van der Waals surface area contributed by atoms with Gasteiger partial charge in [0.2, 0.25) is 5.91 Å². The van der Waals surface area contributed by atoms with Crippen LogP contribution < -0.4 is 5.32 Å². The molecule has 1 saturated heterocycles. The van der Waals surface area contributed by atoms with E-state index >= 15 is 0 Å². The van der Waals surface area contributed by atoms with E-state index in [1.807, 2.05) is 0 Å². The lowest BCUT2D eigenvalue weighted by atomic mass is 9.86. The predicted octanol–water partition coefficient (Wildman–Crippen LogP) is 4.85. The highest BCUT2D eigenvalue weighted by Gasteiger charge is 2.32. The molecule has 5 heteroatoms. The van der Waals surface area contributed by atoms with Gasteiger partial charge in [0.1, 0.15) is 0 Å². The minimum Gasteiger partial charge on any atom is -0.334 e. The lowest BCUT2D eigenvalue weighted by Crippen LogP contribution is -2.41. The molecule has 130 valence electrons. The van der Waals surface area contributed by atoms with E-state index in [1.165, 1.54) is 9.75 Å². The first kappa shape index (κ1) is 17.6. The van der Waals surface area contributed by atoms with Crippen LogP contribution in [-0.2, 0) is 4.79 Å². The minimum atomic E-state index is 0.0727. The van der Waals surface area contributed by atoms with E-state index < -0.39 is 0 Å². The van der Waals surface area contributed by atoms with Crippen LogP contribution in [0.5, 0.6) is 0 Å². The second-order valence-corrected chi connectivity index (χ2v) is 9.41. The summed E-state index contributed by atoms with van der Waals surface area (Å²) >= 11 is 3.51. The Balaban J connectivity index is 1.65. The molecule has 24 heavy (non-hydrogen) atoms. The SMILES string of the molecule is CC(C)(C)C(NCC(=O)N1CCCC1c1cccs1)c1cccs1. The second-order valence-electron chi connectivity index (χ2n) is 7.46. The molecule has 2 aromatic heterocycles. The standard InChI is InChI=1S/C19H26N2OS2/c1-19(2,3)18(16-9-6-12-24-16)20-13-17(22)21-10-4-7-14(21)15-8-5-11-23-15/h5-6,8-9,11-12,14,18,20H,4,7,10,13H2,1-3H3. The number of carbonyl (C=O) groups excluding carboxylic acids is 1. The molecule has 1 N–H and O–H groups in total. The third-order valence-corrected chi connectivity index (χ3v) is 6.51. The van der Waals surface area contributed by atoms with Crippen LogP contribution in [0, 0.1) is 5.41 Å². The van der Waals surface area contributed by atoms with E-state index in [9.17, 15) is 4.79 Å². The first-order chi connectivity index (χ1) is 11.5. The van der Waals surface area contributed by atoms with Crippen molar-refractivity contribution >= 4 is 28.6 Å². The van der Waals surface area contributed by atoms with Gasteiger partial charge in [0.15, 0.2) is 0 Å². The fraction of sp³-hybridized carbons (Fsp3) is 0.526. The van der Waals surface area contributed by atoms with Crippen LogP contribution in [0.25, 0.3) is 0 Å². The molecule has 0 saturated carbocycles. The van der Waals surface area contributed by atoms with Crippen LogP contribution in [0.15, 0.2) is 35.0 Å². The summed E-state index contributed by atoms with van der Waals surface area (Å²) in [6.45, 7) is 7.95. The summed E-state index contributed by atoms with van der Waals surface area (Å²) in [5, 5.41) is 7.73. The summed E-state index contributed by atoms with van der Waals surface area (Å²) in [7, 11) is 0. The molecular weight excluding hydrogens is 336 g/mol. The highest BCUT2D eigenvalue weighted by Crippen LogP contribution is 2.36. The van der Waals surface area contributed by atoms with Crippen molar-refractivity contribution in [2.45, 2.75) is 45.7 Å². The van der Waals surface area contributed by atoms with Crippen LogP contribution in [0.2, 0.25) is 0 Å². The van der Waals surface area contributed by atoms with Crippen molar-refractivity contribution in [1.29, 1.82) is 0 Å². The van der Waals surface area contributed by atoms with Crippen molar-refractivity contribution in [1.82, 2.24) is 10.2 Å². The number of thiophene rings is 2. The summed E-state index contributed by atoms with van der Waals surface area (Å²) in [5.41, 5.74) is 0.0727. The number of nitrogens with one attached hydrogen (secondary N) is 1. The van der Waals surface area contributed by atoms with Gasteiger partial charge < -0.3 is 10.2 Å². The molecule has 0 spiro atoms. The van der Waals surface area contributed by atoms with Crippen molar-refractivity contribution in [2.24, 2.45) is 5.41 Å². The Bertz CT molecular complexity index is 643. The smallest absolute Gasteiger partial charge is 0.237 e. The van der Waals surface area contributed by atoms with Crippen LogP contribution in [0.3, 0.4) is 0 Å². The van der Waals surface area contributed by atoms with Crippen LogP contribution >= 0.6 is 22.7 Å². The Morgan fingerprint density at radius 1 is 1.29 bits per heavy atom. The molecule has 3 heterocycles. The largest absolute Gasteiger partial charge is 0.334 e. The van der Waals surface area contributed by atoms with Gasteiger partial charge in [-0.2, -0.15) is 0 Å². The van der Waals surface area contributed by atoms with Crippen molar-refractivity contribution < 1.29 is 4.79 Å². The van der Waals surface area contributed by atoms with Gasteiger partial charge in [-0.15, -0.1) is 22.7 Å². The lowest BCUT2D eigenvalue weighted by Gasteiger charge is -2.32. The molecule has 2 unspecified atom stereocenters. The zero-order valence-electron chi connectivity index (χ0n) is 14.6. The van der Waals surface area contributed by atoms with E-state index in [2.05, 4.69) is 66.0 Å². The fourth-order valence-corrected chi connectivity index (χ4v) is 5.34. The Morgan fingerprint density at radius 2 is 2.04 bits per heavy atom. The van der Waals surface area contributed by atoms with Crippen LogP contribution in [-0.4, -0.2) is 23.9 Å². The summed E-state index contributed by atoms with van der Waals surface area (Å²) in [5.74, 6) is 0.219. The average molecular weight is 363 g/mol. The molecule has 2 aromatic rings. The Morgan fingerprint density at radius 3 is 2.67 bits per heavy atom. The van der Waals surface area contributed by atoms with Gasteiger partial charge in [0.25, 0.3) is 0 Å². The molecule has 1 fully saturated rings. The molecule has 1 aliphatic rings. The third kappa shape index (κ3) is 3.90. The zero-order chi connectivity index (χ0) is 17.2. The van der Waals surface area contributed by atoms with Crippen LogP contribution in [0.4, 0.5) is 0 Å². The highest BCUT2D eigenvalue weighted by molar-refractivity contribution is 7.10. The number of rotatable bonds is 5. The molecule has 0 aromatic carbocycles. The first-order valence-corrected chi connectivity index (χ1v) is 10.3. The summed E-state index contributed by atoms with van der Waals surface area (Å²) in [6.07, 6.45) is 2.18. The quantitative estimate of drug-likeness (QED) is 0.824. The van der Waals surface area contributed by atoms with Gasteiger partial charge in [-0.05, 0) is 41.1 Å². The number of amides is 1. The topological polar surface area (TPSA) is 32.3 Å². The van der Waals surface area contributed by atoms with Crippen molar-refractivity contribution in [3.05, 3.63) is 44.8 Å². The highest BCUT2D eigenvalue weighted by atomic mass is 32.1. The van der Waals surface area contributed by atoms with E-state index in [0.717, 1.165) is 19.4 Å². The van der Waals surface area contributed by atoms with Gasteiger partial charge in [-0.1, -0.05) is 32.9 Å². The number of hydrogen-bond donors (Lipinski definition) is 1.